The molecule has 0 N–H and O–H groups in total. The van der Waals surface area contributed by atoms with Crippen LogP contribution in [-0.4, -0.2) is 56.5 Å². The number of hydrogen-bond donors (Lipinski definition) is 0. The van der Waals surface area contributed by atoms with Crippen molar-refractivity contribution < 1.29 is 14.3 Å². The molecule has 0 radical (unpaired) electrons. The molecule has 0 aliphatic carbocycles. The van der Waals surface area contributed by atoms with Crippen LogP contribution in [0.1, 0.15) is 24.4 Å². The smallest absolute Gasteiger partial charge is 0.262 e. The van der Waals surface area contributed by atoms with E-state index in [1.165, 1.54) is 16.3 Å². The van der Waals surface area contributed by atoms with Crippen molar-refractivity contribution in [1.82, 2.24) is 24.1 Å². The van der Waals surface area contributed by atoms with Crippen molar-refractivity contribution in [3.8, 4) is 11.5 Å². The van der Waals surface area contributed by atoms with E-state index in [2.05, 4.69) is 10.2 Å². The second kappa shape index (κ2) is 9.02. The van der Waals surface area contributed by atoms with Crippen molar-refractivity contribution in [3.63, 3.8) is 0 Å². The van der Waals surface area contributed by atoms with Gasteiger partial charge in [-0.2, -0.15) is 0 Å². The number of carbonyl (C=O) groups is 1. The maximum atomic E-state index is 13.3. The van der Waals surface area contributed by atoms with E-state index in [4.69, 9.17) is 9.47 Å². The topological polar surface area (TPSA) is 91.0 Å². The maximum absolute atomic E-state index is 13.3. The Morgan fingerprint density at radius 2 is 1.97 bits per heavy atom. The molecule has 2 aromatic carbocycles. The van der Waals surface area contributed by atoms with Gasteiger partial charge in [-0.1, -0.05) is 23.9 Å². The minimum atomic E-state index is -0.129. The average molecular weight is 480 g/mol. The number of likely N-dealkylation sites (tertiary alicyclic amines) is 1. The van der Waals surface area contributed by atoms with Crippen LogP contribution in [0.5, 0.6) is 11.5 Å². The van der Waals surface area contributed by atoms with Crippen molar-refractivity contribution in [2.75, 3.05) is 26.5 Å². The number of amides is 1. The number of ether oxygens (including phenoxy) is 2. The predicted octanol–water partition coefficient (Wildman–Crippen LogP) is 3.05. The van der Waals surface area contributed by atoms with E-state index in [-0.39, 0.29) is 23.3 Å². The number of rotatable bonds is 6. The number of aryl methyl sites for hydroxylation is 1. The molecule has 10 heteroatoms. The predicted molar refractivity (Wildman–Crippen MR) is 130 cm³/mol. The van der Waals surface area contributed by atoms with Crippen LogP contribution in [0.4, 0.5) is 0 Å². The zero-order valence-electron chi connectivity index (χ0n) is 19.2. The summed E-state index contributed by atoms with van der Waals surface area (Å²) in [5.41, 5.74) is 1.54. The number of thioether (sulfide) groups is 1. The number of fused-ring (bicyclic) bond motifs is 3. The Balaban J connectivity index is 1.42. The summed E-state index contributed by atoms with van der Waals surface area (Å²) in [6.07, 6.45) is 1.78. The second-order valence-corrected chi connectivity index (χ2v) is 9.08. The van der Waals surface area contributed by atoms with Crippen molar-refractivity contribution in [3.05, 3.63) is 58.4 Å². The number of para-hydroxylation sites is 1. The first-order chi connectivity index (χ1) is 16.5. The summed E-state index contributed by atoms with van der Waals surface area (Å²) in [5, 5.41) is 9.64. The van der Waals surface area contributed by atoms with Crippen LogP contribution in [-0.2, 0) is 11.8 Å². The Morgan fingerprint density at radius 3 is 2.76 bits per heavy atom. The lowest BCUT2D eigenvalue weighted by molar-refractivity contribution is -0.129. The summed E-state index contributed by atoms with van der Waals surface area (Å²) in [6.45, 7) is 0.683. The Hall–Kier alpha value is -3.53. The highest BCUT2D eigenvalue weighted by Crippen LogP contribution is 2.39. The third-order valence-electron chi connectivity index (χ3n) is 6.29. The van der Waals surface area contributed by atoms with Gasteiger partial charge in [-0.3, -0.25) is 18.6 Å². The molecule has 1 aliphatic heterocycles. The molecule has 3 heterocycles. The molecule has 34 heavy (non-hydrogen) atoms. The van der Waals surface area contributed by atoms with Gasteiger partial charge >= 0.3 is 0 Å². The summed E-state index contributed by atoms with van der Waals surface area (Å²) >= 11 is 1.32. The van der Waals surface area contributed by atoms with Gasteiger partial charge < -0.3 is 14.4 Å². The highest BCUT2D eigenvalue weighted by atomic mass is 32.2. The van der Waals surface area contributed by atoms with Crippen LogP contribution in [0.15, 0.2) is 52.4 Å². The molecule has 1 amide bonds. The number of benzene rings is 2. The summed E-state index contributed by atoms with van der Waals surface area (Å²) in [5.74, 6) is 2.15. The normalized spacial score (nSPS) is 15.9. The van der Waals surface area contributed by atoms with E-state index in [1.54, 1.807) is 27.3 Å². The SMILES string of the molecule is COc1ccc(OC)c(C2CCCN2C(=O)CSc2nnc3n(C)c(=O)c4ccccc4n23)c1. The molecule has 1 atom stereocenters. The van der Waals surface area contributed by atoms with E-state index in [1.807, 2.05) is 45.7 Å². The summed E-state index contributed by atoms with van der Waals surface area (Å²) in [4.78, 5) is 27.9. The Kier molecular flexibility index (Phi) is 5.91. The van der Waals surface area contributed by atoms with Gasteiger partial charge in [0.15, 0.2) is 5.16 Å². The van der Waals surface area contributed by atoms with Crippen molar-refractivity contribution in [2.24, 2.45) is 7.05 Å². The number of methoxy groups -OCH3 is 2. The molecule has 5 rings (SSSR count). The summed E-state index contributed by atoms with van der Waals surface area (Å²) in [7, 11) is 4.94. The van der Waals surface area contributed by atoms with Crippen molar-refractivity contribution >= 4 is 34.3 Å². The molecule has 1 fully saturated rings. The molecular weight excluding hydrogens is 454 g/mol. The van der Waals surface area contributed by atoms with Gasteiger partial charge in [-0.25, -0.2) is 0 Å². The first-order valence-electron chi connectivity index (χ1n) is 11.0. The molecule has 0 bridgehead atoms. The molecular formula is C24H25N5O4S. The maximum Gasteiger partial charge on any atom is 0.262 e. The first-order valence-corrected chi connectivity index (χ1v) is 12.0. The monoisotopic (exact) mass is 479 g/mol. The van der Waals surface area contributed by atoms with Gasteiger partial charge in [-0.05, 0) is 43.2 Å². The molecule has 0 saturated carbocycles. The van der Waals surface area contributed by atoms with Crippen LogP contribution in [0.3, 0.4) is 0 Å². The molecule has 2 aromatic heterocycles. The first kappa shape index (κ1) is 22.3. The standard InChI is InChI=1S/C24H25N5O4S/c1-27-22(31)16-7-4-5-8-19(16)29-23(27)25-26-24(29)34-14-21(30)28-12-6-9-18(28)17-13-15(32-2)10-11-20(17)33-3/h4-5,7-8,10-11,13,18H,6,9,12,14H2,1-3H3. The molecule has 9 nitrogen and oxygen atoms in total. The fraction of sp³-hybridized carbons (Fsp3) is 0.333. The summed E-state index contributed by atoms with van der Waals surface area (Å²) < 4.78 is 14.3. The van der Waals surface area contributed by atoms with Gasteiger partial charge in [-0.15, -0.1) is 10.2 Å². The molecule has 1 unspecified atom stereocenters. The van der Waals surface area contributed by atoms with Gasteiger partial charge in [0.25, 0.3) is 5.56 Å². The van der Waals surface area contributed by atoms with E-state index >= 15 is 0 Å². The van der Waals surface area contributed by atoms with Crippen LogP contribution in [0.2, 0.25) is 0 Å². The van der Waals surface area contributed by atoms with Gasteiger partial charge in [0, 0.05) is 19.2 Å². The van der Waals surface area contributed by atoms with E-state index in [0.717, 1.165) is 35.4 Å². The fourth-order valence-corrected chi connectivity index (χ4v) is 5.43. The quantitative estimate of drug-likeness (QED) is 0.393. The Labute approximate surface area is 200 Å². The third kappa shape index (κ3) is 3.67. The Morgan fingerprint density at radius 1 is 1.15 bits per heavy atom. The number of nitrogens with zero attached hydrogens (tertiary/aromatic N) is 5. The zero-order chi connectivity index (χ0) is 23.8. The minimum absolute atomic E-state index is 0.0169. The molecule has 1 saturated heterocycles. The van der Waals surface area contributed by atoms with Crippen LogP contribution in [0, 0.1) is 0 Å². The van der Waals surface area contributed by atoms with Crippen molar-refractivity contribution in [2.45, 2.75) is 24.0 Å². The largest absolute Gasteiger partial charge is 0.497 e. The van der Waals surface area contributed by atoms with Gasteiger partial charge in [0.2, 0.25) is 11.7 Å². The third-order valence-corrected chi connectivity index (χ3v) is 7.20. The molecule has 1 aliphatic rings. The second-order valence-electron chi connectivity index (χ2n) is 8.14. The van der Waals surface area contributed by atoms with Crippen molar-refractivity contribution in [1.29, 1.82) is 0 Å². The average Bonchev–Trinajstić information content (AvgIpc) is 3.53. The fourth-order valence-electron chi connectivity index (χ4n) is 4.60. The van der Waals surface area contributed by atoms with E-state index in [0.29, 0.717) is 22.9 Å². The van der Waals surface area contributed by atoms with Gasteiger partial charge in [0.1, 0.15) is 11.5 Å². The van der Waals surface area contributed by atoms with Gasteiger partial charge in [0.05, 0.1) is 36.9 Å². The van der Waals surface area contributed by atoms with E-state index < -0.39 is 0 Å². The summed E-state index contributed by atoms with van der Waals surface area (Å²) in [6, 6.07) is 13.0. The number of carbonyl (C=O) groups excluding carboxylic acids is 1. The number of hydrogen-bond acceptors (Lipinski definition) is 7. The highest BCUT2D eigenvalue weighted by molar-refractivity contribution is 7.99. The van der Waals surface area contributed by atoms with Crippen LogP contribution >= 0.6 is 11.8 Å². The zero-order valence-corrected chi connectivity index (χ0v) is 20.0. The Bertz CT molecular complexity index is 1450. The molecule has 4 aromatic rings. The lowest BCUT2D eigenvalue weighted by Gasteiger charge is -2.26. The number of aromatic nitrogens is 4. The van der Waals surface area contributed by atoms with Crippen LogP contribution < -0.4 is 15.0 Å². The van der Waals surface area contributed by atoms with Crippen LogP contribution in [0.25, 0.3) is 16.7 Å². The minimum Gasteiger partial charge on any atom is -0.497 e. The lowest BCUT2D eigenvalue weighted by Crippen LogP contribution is -2.32. The van der Waals surface area contributed by atoms with E-state index in [9.17, 15) is 9.59 Å². The molecule has 0 spiro atoms. The highest BCUT2D eigenvalue weighted by Gasteiger charge is 2.32. The lowest BCUT2D eigenvalue weighted by atomic mass is 10.0. The molecule has 176 valence electrons.